The summed E-state index contributed by atoms with van der Waals surface area (Å²) in [7, 11) is 0. The van der Waals surface area contributed by atoms with E-state index >= 15 is 0 Å². The maximum atomic E-state index is 14.2. The Bertz CT molecular complexity index is 959. The minimum atomic E-state index is -0.951. The van der Waals surface area contributed by atoms with Crippen molar-refractivity contribution >= 4 is 11.6 Å². The first-order valence-corrected chi connectivity index (χ1v) is 10.0. The van der Waals surface area contributed by atoms with Gasteiger partial charge in [0.15, 0.2) is 0 Å². The molecule has 2 atom stereocenters. The van der Waals surface area contributed by atoms with Gasteiger partial charge in [0.25, 0.3) is 5.91 Å². The molecule has 2 aromatic carbocycles. The van der Waals surface area contributed by atoms with E-state index in [2.05, 4.69) is 11.4 Å². The van der Waals surface area contributed by atoms with Crippen molar-refractivity contribution in [3.05, 3.63) is 58.9 Å². The third kappa shape index (κ3) is 3.35. The molecule has 6 heteroatoms. The lowest BCUT2D eigenvalue weighted by Crippen LogP contribution is -2.42. The van der Waals surface area contributed by atoms with Gasteiger partial charge in [-0.15, -0.1) is 0 Å². The molecule has 1 heterocycles. The lowest BCUT2D eigenvalue weighted by Gasteiger charge is -2.34. The fraction of sp³-hybridized carbons (Fsp3) is 0.435. The van der Waals surface area contributed by atoms with Crippen molar-refractivity contribution in [2.45, 2.75) is 57.0 Å². The summed E-state index contributed by atoms with van der Waals surface area (Å²) in [5.74, 6) is 0.129. The van der Waals surface area contributed by atoms with E-state index in [4.69, 9.17) is 4.74 Å². The summed E-state index contributed by atoms with van der Waals surface area (Å²) < 4.78 is 20.3. The number of ether oxygens (including phenoxy) is 1. The molecule has 2 aliphatic rings. The van der Waals surface area contributed by atoms with Gasteiger partial charge in [-0.3, -0.25) is 10.0 Å². The number of hydroxylamine groups is 1. The van der Waals surface area contributed by atoms with Crippen LogP contribution in [0.3, 0.4) is 0 Å². The molecule has 0 spiro atoms. The first-order chi connectivity index (χ1) is 13.8. The Balaban J connectivity index is 1.67. The zero-order valence-electron chi connectivity index (χ0n) is 17.0. The Morgan fingerprint density at radius 2 is 2.10 bits per heavy atom. The second-order valence-electron chi connectivity index (χ2n) is 8.85. The lowest BCUT2D eigenvalue weighted by molar-refractivity contribution is -0.135. The minimum Gasteiger partial charge on any atom is -0.484 e. The topological polar surface area (TPSA) is 70.6 Å². The van der Waals surface area contributed by atoms with Crippen LogP contribution < -0.4 is 15.5 Å². The van der Waals surface area contributed by atoms with E-state index in [1.165, 1.54) is 6.07 Å². The minimum absolute atomic E-state index is 0.122. The molecule has 4 rings (SSSR count). The quantitative estimate of drug-likeness (QED) is 0.528. The highest BCUT2D eigenvalue weighted by atomic mass is 19.1. The van der Waals surface area contributed by atoms with Gasteiger partial charge in [0.05, 0.1) is 17.6 Å². The second-order valence-corrected chi connectivity index (χ2v) is 8.85. The predicted molar refractivity (Wildman–Crippen MR) is 109 cm³/mol. The van der Waals surface area contributed by atoms with Crippen molar-refractivity contribution in [2.24, 2.45) is 0 Å². The van der Waals surface area contributed by atoms with Crippen LogP contribution in [0.5, 0.6) is 5.75 Å². The van der Waals surface area contributed by atoms with Gasteiger partial charge >= 0.3 is 0 Å². The van der Waals surface area contributed by atoms with E-state index in [-0.39, 0.29) is 17.3 Å². The Labute approximate surface area is 170 Å². The number of hydrogen-bond donors (Lipinski definition) is 3. The largest absolute Gasteiger partial charge is 0.484 e. The van der Waals surface area contributed by atoms with E-state index in [1.54, 1.807) is 19.1 Å². The lowest BCUT2D eigenvalue weighted by atomic mass is 9.75. The standard InChI is InChI=1S/C23H27FN2O3/c1-14-17(5-4-6-18(14)24)23(21(27)26-28)10-9-16(12-23)15-7-8-20-19(11-15)25-13-22(2,3)29-20/h4-8,11,16,25,28H,9-10,12-13H2,1-3H3,(H,26,27)/t16-,23-/m0/s1. The maximum absolute atomic E-state index is 14.2. The Morgan fingerprint density at radius 1 is 1.31 bits per heavy atom. The van der Waals surface area contributed by atoms with Crippen LogP contribution in [0.25, 0.3) is 0 Å². The number of hydrogen-bond acceptors (Lipinski definition) is 4. The molecule has 0 bridgehead atoms. The summed E-state index contributed by atoms with van der Waals surface area (Å²) in [6, 6.07) is 10.9. The number of carbonyl (C=O) groups excluding carboxylic acids is 1. The summed E-state index contributed by atoms with van der Waals surface area (Å²) in [5, 5.41) is 12.9. The van der Waals surface area contributed by atoms with Gasteiger partial charge in [-0.1, -0.05) is 18.2 Å². The van der Waals surface area contributed by atoms with Gasteiger partial charge in [-0.05, 0) is 80.8 Å². The first kappa shape index (κ1) is 19.7. The molecule has 5 nitrogen and oxygen atoms in total. The van der Waals surface area contributed by atoms with Gasteiger partial charge in [0.2, 0.25) is 0 Å². The van der Waals surface area contributed by atoms with Gasteiger partial charge in [-0.2, -0.15) is 0 Å². The number of anilines is 1. The number of halogens is 1. The Morgan fingerprint density at radius 3 is 2.86 bits per heavy atom. The second kappa shape index (κ2) is 7.02. The average Bonchev–Trinajstić information content (AvgIpc) is 3.15. The molecule has 0 radical (unpaired) electrons. The third-order valence-corrected chi connectivity index (χ3v) is 6.40. The predicted octanol–water partition coefficient (Wildman–Crippen LogP) is 4.43. The van der Waals surface area contributed by atoms with E-state index in [9.17, 15) is 14.4 Å². The average molecular weight is 398 g/mol. The zero-order valence-corrected chi connectivity index (χ0v) is 17.0. The summed E-state index contributed by atoms with van der Waals surface area (Å²) >= 11 is 0. The number of benzene rings is 2. The van der Waals surface area contributed by atoms with Crippen LogP contribution in [0.15, 0.2) is 36.4 Å². The number of nitrogens with one attached hydrogen (secondary N) is 2. The van der Waals surface area contributed by atoms with Gasteiger partial charge in [0, 0.05) is 0 Å². The van der Waals surface area contributed by atoms with Crippen LogP contribution in [0.1, 0.15) is 55.7 Å². The molecule has 0 unspecified atom stereocenters. The number of carbonyl (C=O) groups is 1. The number of fused-ring (bicyclic) bond motifs is 1. The fourth-order valence-electron chi connectivity index (χ4n) is 4.81. The highest BCUT2D eigenvalue weighted by molar-refractivity contribution is 5.88. The van der Waals surface area contributed by atoms with Crippen LogP contribution in [0.4, 0.5) is 10.1 Å². The van der Waals surface area contributed by atoms with Gasteiger partial charge in [-0.25, -0.2) is 9.87 Å². The van der Waals surface area contributed by atoms with Crippen molar-refractivity contribution in [1.29, 1.82) is 0 Å². The van der Waals surface area contributed by atoms with Crippen LogP contribution in [-0.4, -0.2) is 23.3 Å². The van der Waals surface area contributed by atoms with Gasteiger partial charge in [0.1, 0.15) is 17.2 Å². The summed E-state index contributed by atoms with van der Waals surface area (Å²) in [5.41, 5.74) is 3.79. The highest BCUT2D eigenvalue weighted by Gasteiger charge is 2.48. The van der Waals surface area contributed by atoms with Crippen molar-refractivity contribution in [1.82, 2.24) is 5.48 Å². The van der Waals surface area contributed by atoms with Crippen molar-refractivity contribution in [3.63, 3.8) is 0 Å². The summed E-state index contributed by atoms with van der Waals surface area (Å²) in [4.78, 5) is 12.8. The van der Waals surface area contributed by atoms with E-state index in [0.29, 0.717) is 30.5 Å². The first-order valence-electron chi connectivity index (χ1n) is 10.0. The fourth-order valence-corrected chi connectivity index (χ4v) is 4.81. The monoisotopic (exact) mass is 398 g/mol. The van der Waals surface area contributed by atoms with E-state index in [0.717, 1.165) is 23.4 Å². The molecular weight excluding hydrogens is 371 g/mol. The Hall–Kier alpha value is -2.60. The number of amides is 1. The molecule has 2 aromatic rings. The maximum Gasteiger partial charge on any atom is 0.254 e. The van der Waals surface area contributed by atoms with Gasteiger partial charge < -0.3 is 10.1 Å². The summed E-state index contributed by atoms with van der Waals surface area (Å²) in [6.07, 6.45) is 1.83. The Kier molecular flexibility index (Phi) is 4.77. The molecule has 1 amide bonds. The van der Waals surface area contributed by atoms with E-state index in [1.807, 2.05) is 31.5 Å². The van der Waals surface area contributed by atoms with Crippen LogP contribution >= 0.6 is 0 Å². The van der Waals surface area contributed by atoms with Crippen molar-refractivity contribution in [3.8, 4) is 5.75 Å². The zero-order chi connectivity index (χ0) is 20.8. The molecule has 29 heavy (non-hydrogen) atoms. The SMILES string of the molecule is Cc1c(F)cccc1[C@]1(C(=O)NO)CC[C@H](c2ccc3c(c2)NCC(C)(C)O3)C1. The van der Waals surface area contributed by atoms with Crippen molar-refractivity contribution in [2.75, 3.05) is 11.9 Å². The van der Waals surface area contributed by atoms with Crippen LogP contribution in [0.2, 0.25) is 0 Å². The van der Waals surface area contributed by atoms with Crippen LogP contribution in [0, 0.1) is 12.7 Å². The molecule has 0 saturated heterocycles. The smallest absolute Gasteiger partial charge is 0.254 e. The molecule has 1 aliphatic carbocycles. The molecule has 1 saturated carbocycles. The highest BCUT2D eigenvalue weighted by Crippen LogP contribution is 2.50. The summed E-state index contributed by atoms with van der Waals surface area (Å²) in [6.45, 7) is 6.48. The van der Waals surface area contributed by atoms with Crippen molar-refractivity contribution < 1.29 is 19.1 Å². The molecule has 1 aliphatic heterocycles. The number of rotatable bonds is 3. The molecule has 0 aromatic heterocycles. The molecule has 1 fully saturated rings. The molecular formula is C23H27FN2O3. The normalized spacial score (nSPS) is 24.9. The van der Waals surface area contributed by atoms with E-state index < -0.39 is 11.3 Å². The molecule has 154 valence electrons. The van der Waals surface area contributed by atoms with Crippen LogP contribution in [-0.2, 0) is 10.2 Å². The third-order valence-electron chi connectivity index (χ3n) is 6.40. The molecule has 3 N–H and O–H groups in total.